The number of fused-ring (bicyclic) bond motifs is 6. The summed E-state index contributed by atoms with van der Waals surface area (Å²) in [6.45, 7) is 9.48. The molecule has 0 radical (unpaired) electrons. The van der Waals surface area contributed by atoms with Crippen LogP contribution in [0.1, 0.15) is 49.9 Å². The highest BCUT2D eigenvalue weighted by atomic mass is 15.1. The van der Waals surface area contributed by atoms with Gasteiger partial charge in [-0.15, -0.1) is 0 Å². The van der Waals surface area contributed by atoms with Gasteiger partial charge >= 0.3 is 0 Å². The highest BCUT2D eigenvalue weighted by molar-refractivity contribution is 5.94. The van der Waals surface area contributed by atoms with E-state index in [1.165, 1.54) is 78.1 Å². The van der Waals surface area contributed by atoms with Gasteiger partial charge in [-0.2, -0.15) is 0 Å². The summed E-state index contributed by atoms with van der Waals surface area (Å²) in [5.74, 6) is 0. The average Bonchev–Trinajstić information content (AvgIpc) is 3.52. The average molecular weight is 630 g/mol. The Balaban J connectivity index is 1.22. The van der Waals surface area contributed by atoms with Crippen LogP contribution in [-0.2, 0) is 10.8 Å². The summed E-state index contributed by atoms with van der Waals surface area (Å²) in [5, 5.41) is 0. The Hall–Kier alpha value is -5.66. The molecule has 49 heavy (non-hydrogen) atoms. The van der Waals surface area contributed by atoms with Crippen molar-refractivity contribution in [3.8, 4) is 44.5 Å². The van der Waals surface area contributed by atoms with E-state index in [1.54, 1.807) is 0 Å². The van der Waals surface area contributed by atoms with Crippen LogP contribution >= 0.6 is 0 Å². The Kier molecular flexibility index (Phi) is 6.58. The molecule has 0 fully saturated rings. The molecular weight excluding hydrogens is 591 g/mol. The van der Waals surface area contributed by atoms with Crippen molar-refractivity contribution in [2.75, 3.05) is 4.90 Å². The van der Waals surface area contributed by atoms with Crippen molar-refractivity contribution in [1.82, 2.24) is 0 Å². The van der Waals surface area contributed by atoms with Crippen LogP contribution in [0, 0.1) is 0 Å². The van der Waals surface area contributed by atoms with Crippen molar-refractivity contribution in [3.05, 3.63) is 186 Å². The Morgan fingerprint density at radius 2 is 0.796 bits per heavy atom. The molecular formula is C48H39N. The molecule has 0 heterocycles. The van der Waals surface area contributed by atoms with Gasteiger partial charge in [-0.25, -0.2) is 0 Å². The van der Waals surface area contributed by atoms with Crippen LogP contribution in [0.2, 0.25) is 0 Å². The molecule has 7 aromatic carbocycles. The molecule has 7 aromatic rings. The molecule has 0 N–H and O–H groups in total. The van der Waals surface area contributed by atoms with E-state index >= 15 is 0 Å². The molecule has 0 aliphatic heterocycles. The van der Waals surface area contributed by atoms with E-state index in [2.05, 4.69) is 196 Å². The molecule has 0 amide bonds. The Morgan fingerprint density at radius 1 is 0.327 bits per heavy atom. The molecule has 1 nitrogen and oxygen atoms in total. The molecule has 0 bridgehead atoms. The minimum absolute atomic E-state index is 0.0832. The number of anilines is 3. The van der Waals surface area contributed by atoms with Gasteiger partial charge in [0, 0.05) is 27.9 Å². The van der Waals surface area contributed by atoms with Gasteiger partial charge in [0.15, 0.2) is 0 Å². The van der Waals surface area contributed by atoms with Crippen molar-refractivity contribution >= 4 is 17.1 Å². The predicted octanol–water partition coefficient (Wildman–Crippen LogP) is 13.1. The van der Waals surface area contributed by atoms with Crippen molar-refractivity contribution in [2.45, 2.75) is 38.5 Å². The SMILES string of the molecule is CC1(C)c2ccccc2-c2ccc(N(c3ccc(-c4ccccc4)cc3)c3ccc4c(c3)C(C)(C)c3cccc(-c5ccccc5)c3-4)cc21. The lowest BCUT2D eigenvalue weighted by molar-refractivity contribution is 0.660. The standard InChI is InChI=1S/C48H39N/c1-47(2)42-20-12-11-18-39(42)40-28-26-36(30-44(40)47)49(35-24-22-33(23-25-35)32-14-7-5-8-15-32)37-27-29-41-45(31-37)48(3,4)43-21-13-19-38(46(41)43)34-16-9-6-10-17-34/h5-31H,1-4H3. The van der Waals surface area contributed by atoms with E-state index in [-0.39, 0.29) is 10.8 Å². The zero-order valence-corrected chi connectivity index (χ0v) is 28.5. The first-order valence-electron chi connectivity index (χ1n) is 17.4. The molecule has 0 spiro atoms. The first-order chi connectivity index (χ1) is 23.8. The summed E-state index contributed by atoms with van der Waals surface area (Å²) in [4.78, 5) is 2.45. The van der Waals surface area contributed by atoms with Gasteiger partial charge < -0.3 is 4.90 Å². The van der Waals surface area contributed by atoms with Gasteiger partial charge in [0.25, 0.3) is 0 Å². The maximum Gasteiger partial charge on any atom is 0.0465 e. The van der Waals surface area contributed by atoms with E-state index < -0.39 is 0 Å². The number of benzene rings is 7. The van der Waals surface area contributed by atoms with Gasteiger partial charge in [-0.05, 0) is 103 Å². The lowest BCUT2D eigenvalue weighted by Crippen LogP contribution is -2.18. The topological polar surface area (TPSA) is 3.24 Å². The summed E-state index contributed by atoms with van der Waals surface area (Å²) in [6, 6.07) is 60.4. The summed E-state index contributed by atoms with van der Waals surface area (Å²) >= 11 is 0. The Labute approximate surface area is 290 Å². The van der Waals surface area contributed by atoms with Crippen LogP contribution in [0.3, 0.4) is 0 Å². The summed E-state index contributed by atoms with van der Waals surface area (Å²) in [6.07, 6.45) is 0. The second-order valence-electron chi connectivity index (χ2n) is 14.6. The smallest absolute Gasteiger partial charge is 0.0465 e. The fourth-order valence-corrected chi connectivity index (χ4v) is 8.49. The molecule has 0 atom stereocenters. The number of rotatable bonds is 5. The van der Waals surface area contributed by atoms with Gasteiger partial charge in [0.05, 0.1) is 0 Å². The molecule has 0 saturated heterocycles. The second-order valence-corrected chi connectivity index (χ2v) is 14.6. The lowest BCUT2D eigenvalue weighted by atomic mass is 9.81. The van der Waals surface area contributed by atoms with Crippen LogP contribution in [0.15, 0.2) is 164 Å². The highest BCUT2D eigenvalue weighted by Gasteiger charge is 2.38. The summed E-state index contributed by atoms with van der Waals surface area (Å²) in [7, 11) is 0. The molecule has 0 aromatic heterocycles. The van der Waals surface area contributed by atoms with Crippen LogP contribution in [0.25, 0.3) is 44.5 Å². The molecule has 9 rings (SSSR count). The normalized spacial score (nSPS) is 14.4. The third-order valence-corrected chi connectivity index (χ3v) is 11.1. The Bertz CT molecular complexity index is 2360. The van der Waals surface area contributed by atoms with Gasteiger partial charge in [0.2, 0.25) is 0 Å². The van der Waals surface area contributed by atoms with E-state index in [0.717, 1.165) is 5.69 Å². The van der Waals surface area contributed by atoms with Gasteiger partial charge in [0.1, 0.15) is 0 Å². The number of nitrogens with zero attached hydrogens (tertiary/aromatic N) is 1. The third kappa shape index (κ3) is 4.53. The van der Waals surface area contributed by atoms with Crippen LogP contribution < -0.4 is 4.90 Å². The quantitative estimate of drug-likeness (QED) is 0.183. The van der Waals surface area contributed by atoms with Gasteiger partial charge in [-0.1, -0.05) is 155 Å². The Morgan fingerprint density at radius 3 is 1.49 bits per heavy atom. The van der Waals surface area contributed by atoms with Crippen LogP contribution in [-0.4, -0.2) is 0 Å². The van der Waals surface area contributed by atoms with Crippen LogP contribution in [0.4, 0.5) is 17.1 Å². The molecule has 2 aliphatic carbocycles. The highest BCUT2D eigenvalue weighted by Crippen LogP contribution is 2.54. The maximum atomic E-state index is 2.45. The predicted molar refractivity (Wildman–Crippen MR) is 207 cm³/mol. The van der Waals surface area contributed by atoms with Crippen molar-refractivity contribution in [2.24, 2.45) is 0 Å². The third-order valence-electron chi connectivity index (χ3n) is 11.1. The number of hydrogen-bond donors (Lipinski definition) is 0. The first kappa shape index (κ1) is 29.5. The fourth-order valence-electron chi connectivity index (χ4n) is 8.49. The first-order valence-corrected chi connectivity index (χ1v) is 17.4. The largest absolute Gasteiger partial charge is 0.310 e. The van der Waals surface area contributed by atoms with E-state index in [0.29, 0.717) is 0 Å². The molecule has 236 valence electrons. The molecule has 1 heteroatoms. The summed E-state index contributed by atoms with van der Waals surface area (Å²) < 4.78 is 0. The number of hydrogen-bond acceptors (Lipinski definition) is 1. The maximum absolute atomic E-state index is 2.45. The van der Waals surface area contributed by atoms with Crippen molar-refractivity contribution in [3.63, 3.8) is 0 Å². The van der Waals surface area contributed by atoms with Crippen molar-refractivity contribution < 1.29 is 0 Å². The van der Waals surface area contributed by atoms with Crippen molar-refractivity contribution in [1.29, 1.82) is 0 Å². The fraction of sp³-hybridized carbons (Fsp3) is 0.125. The minimum Gasteiger partial charge on any atom is -0.310 e. The molecule has 0 unspecified atom stereocenters. The van der Waals surface area contributed by atoms with E-state index in [4.69, 9.17) is 0 Å². The van der Waals surface area contributed by atoms with Crippen LogP contribution in [0.5, 0.6) is 0 Å². The summed E-state index contributed by atoms with van der Waals surface area (Å²) in [5.41, 5.74) is 19.1. The van der Waals surface area contributed by atoms with E-state index in [9.17, 15) is 0 Å². The monoisotopic (exact) mass is 629 g/mol. The second kappa shape index (κ2) is 10.9. The zero-order valence-electron chi connectivity index (χ0n) is 28.5. The zero-order chi connectivity index (χ0) is 33.3. The molecule has 2 aliphatic rings. The van der Waals surface area contributed by atoms with E-state index in [1.807, 2.05) is 0 Å². The molecule has 0 saturated carbocycles. The lowest BCUT2D eigenvalue weighted by Gasteiger charge is -2.30. The minimum atomic E-state index is -0.143. The van der Waals surface area contributed by atoms with Gasteiger partial charge in [-0.3, -0.25) is 0 Å².